The molecule has 0 unspecified atom stereocenters. The van der Waals surface area contributed by atoms with Gasteiger partial charge < -0.3 is 25.5 Å². The number of carboxylic acids is 2. The number of rotatable bonds is 5. The zero-order chi connectivity index (χ0) is 35.8. The second-order valence-electron chi connectivity index (χ2n) is 9.78. The van der Waals surface area contributed by atoms with E-state index in [0.29, 0.717) is 11.6 Å². The van der Waals surface area contributed by atoms with Crippen LogP contribution in [0.25, 0.3) is 56.3 Å². The number of carboxylic acid groups (broad SMARTS) is 2. The number of benzene rings is 2. The maximum atomic E-state index is 10.5. The van der Waals surface area contributed by atoms with Crippen molar-refractivity contribution in [3.05, 3.63) is 103 Å². The van der Waals surface area contributed by atoms with E-state index < -0.39 is 24.3 Å². The van der Waals surface area contributed by atoms with Gasteiger partial charge in [-0.05, 0) is 29.8 Å². The number of pyridine rings is 3. The van der Waals surface area contributed by atoms with E-state index in [0.717, 1.165) is 51.2 Å². The van der Waals surface area contributed by atoms with E-state index in [4.69, 9.17) is 24.8 Å². The average molecular weight is 684 g/mol. The molecule has 0 bridgehead atoms. The van der Waals surface area contributed by atoms with Gasteiger partial charge in [-0.15, -0.1) is 5.10 Å². The third-order valence-corrected chi connectivity index (χ3v) is 6.47. The normalized spacial score (nSPS) is 11.2. The van der Waals surface area contributed by atoms with Crippen LogP contribution in [0.1, 0.15) is 5.56 Å². The molecule has 0 amide bonds. The van der Waals surface area contributed by atoms with Crippen LogP contribution in [-0.4, -0.2) is 49.4 Å². The molecule has 6 rings (SSSR count). The lowest BCUT2D eigenvalue weighted by atomic mass is 9.96. The summed E-state index contributed by atoms with van der Waals surface area (Å²) < 4.78 is 63.1. The number of alkyl halides is 6. The quantitative estimate of drug-likeness (QED) is 0.259. The highest BCUT2D eigenvalue weighted by molar-refractivity contribution is 5.97. The summed E-state index contributed by atoms with van der Waals surface area (Å²) in [5.74, 6) is -4.66. The van der Waals surface area contributed by atoms with Gasteiger partial charge in [0.2, 0.25) is 0 Å². The third-order valence-electron chi connectivity index (χ3n) is 6.47. The maximum Gasteiger partial charge on any atom is 0.430 e. The second-order valence-corrected chi connectivity index (χ2v) is 9.78. The number of quaternary nitrogens is 1. The first-order valence-electron chi connectivity index (χ1n) is 13.9. The molecule has 0 atom stereocenters. The molecule has 0 aliphatic carbocycles. The van der Waals surface area contributed by atoms with E-state index in [-0.39, 0.29) is 0 Å². The van der Waals surface area contributed by atoms with Gasteiger partial charge in [0.1, 0.15) is 23.3 Å². The van der Waals surface area contributed by atoms with Crippen molar-refractivity contribution in [2.45, 2.75) is 18.9 Å². The van der Waals surface area contributed by atoms with Crippen molar-refractivity contribution in [1.29, 1.82) is 0 Å². The average Bonchev–Trinajstić information content (AvgIpc) is 3.58. The molecule has 0 saturated carbocycles. The number of fused-ring (bicyclic) bond motifs is 1. The predicted octanol–water partition coefficient (Wildman–Crippen LogP) is 2.57. The fraction of sp³-hybridized carbons (Fsp3) is 0.0938. The molecule has 5 N–H and O–H groups in total. The topological polar surface area (TPSA) is 189 Å². The highest BCUT2D eigenvalue weighted by atomic mass is 19.4. The maximum absolute atomic E-state index is 10.5. The van der Waals surface area contributed by atoms with Crippen LogP contribution >= 0.6 is 0 Å². The molecule has 49 heavy (non-hydrogen) atoms. The number of carbonyl (C=O) groups excluding carboxylic acids is 2. The van der Waals surface area contributed by atoms with Crippen molar-refractivity contribution in [3.63, 3.8) is 0 Å². The van der Waals surface area contributed by atoms with Gasteiger partial charge in [-0.2, -0.15) is 26.3 Å². The van der Waals surface area contributed by atoms with Crippen molar-refractivity contribution < 1.29 is 56.9 Å². The van der Waals surface area contributed by atoms with Crippen molar-refractivity contribution in [2.75, 3.05) is 0 Å². The van der Waals surface area contributed by atoms with Crippen LogP contribution < -0.4 is 20.9 Å². The van der Waals surface area contributed by atoms with E-state index in [2.05, 4.69) is 73.3 Å². The van der Waals surface area contributed by atoms with E-state index >= 15 is 0 Å². The molecule has 0 spiro atoms. The van der Waals surface area contributed by atoms with E-state index in [1.807, 2.05) is 42.5 Å². The molecule has 0 saturated heterocycles. The summed E-state index contributed by atoms with van der Waals surface area (Å²) in [6.45, 7) is 0.757. The lowest BCUT2D eigenvalue weighted by Crippen LogP contribution is -2.47. The lowest BCUT2D eigenvalue weighted by Gasteiger charge is -2.12. The Hall–Kier alpha value is -6.23. The van der Waals surface area contributed by atoms with Crippen LogP contribution in [0, 0.1) is 0 Å². The molecular weight excluding hydrogens is 660 g/mol. The molecular formula is C32H23F6N7O4. The fourth-order valence-electron chi connectivity index (χ4n) is 4.20. The Balaban J connectivity index is 0.000000327. The third kappa shape index (κ3) is 9.19. The molecule has 0 fully saturated rings. The number of carbonyl (C=O) groups is 2. The minimum absolute atomic E-state index is 0.651. The minimum atomic E-state index is -5.19. The number of nitrogens with one attached hydrogen (secondary N) is 2. The van der Waals surface area contributed by atoms with Gasteiger partial charge in [0.05, 0.1) is 17.8 Å². The summed E-state index contributed by atoms with van der Waals surface area (Å²) in [5.41, 5.74) is 11.7. The molecule has 6 aromatic rings. The Morgan fingerprint density at radius 3 is 1.92 bits per heavy atom. The summed E-state index contributed by atoms with van der Waals surface area (Å²) in [4.78, 5) is 35.1. The summed E-state index contributed by atoms with van der Waals surface area (Å²) in [6.07, 6.45) is -6.87. The molecule has 11 nitrogen and oxygen atoms in total. The largest absolute Gasteiger partial charge is 0.542 e. The Bertz CT molecular complexity index is 2010. The van der Waals surface area contributed by atoms with Crippen molar-refractivity contribution in [2.24, 2.45) is 0 Å². The predicted molar refractivity (Wildman–Crippen MR) is 156 cm³/mol. The van der Waals surface area contributed by atoms with E-state index in [1.54, 1.807) is 12.4 Å². The van der Waals surface area contributed by atoms with Gasteiger partial charge in [-0.3, -0.25) is 0 Å². The first kappa shape index (κ1) is 35.6. The molecule has 4 aromatic heterocycles. The van der Waals surface area contributed by atoms with Gasteiger partial charge >= 0.3 is 18.2 Å². The van der Waals surface area contributed by atoms with Crippen molar-refractivity contribution >= 4 is 22.8 Å². The fourth-order valence-corrected chi connectivity index (χ4v) is 4.20. The van der Waals surface area contributed by atoms with E-state index in [1.165, 1.54) is 5.56 Å². The standard InChI is InChI=1S/C28H21N7.2C2HF3O2/c29-17-18-9-11-20(12-10-18)25-21(19-6-2-1-3-7-19)16-22-23(32-25)13-15-31-26(22)28-33-27(34-35-28)24-8-4-5-14-30-24;2*3-2(4,5)1(6)7/h1-16H,17,29H2,(H,33,34,35);2*(H,6,7). The zero-order valence-corrected chi connectivity index (χ0v) is 24.8. The Kier molecular flexibility index (Phi) is 11.0. The summed E-state index contributed by atoms with van der Waals surface area (Å²) in [5, 5.41) is 26.0. The summed E-state index contributed by atoms with van der Waals surface area (Å²) >= 11 is 0. The van der Waals surface area contributed by atoms with Gasteiger partial charge in [0, 0.05) is 39.6 Å². The second kappa shape index (κ2) is 15.1. The van der Waals surface area contributed by atoms with Crippen LogP contribution in [0.3, 0.4) is 0 Å². The van der Waals surface area contributed by atoms with Crippen LogP contribution in [0.15, 0.2) is 97.3 Å². The lowest BCUT2D eigenvalue weighted by molar-refractivity contribution is -0.386. The highest BCUT2D eigenvalue weighted by Crippen LogP contribution is 2.35. The van der Waals surface area contributed by atoms with Gasteiger partial charge in [-0.1, -0.05) is 60.7 Å². The number of aromatic nitrogens is 6. The number of aliphatic carboxylic acids is 2. The number of halogens is 6. The van der Waals surface area contributed by atoms with Gasteiger partial charge in [0.15, 0.2) is 0 Å². The van der Waals surface area contributed by atoms with Crippen LogP contribution in [-0.2, 0) is 16.1 Å². The SMILES string of the molecule is O=C([O-])C(F)(F)F.O=C([O-])C(F)(F)F.[NH3+]Cc1ccc(-c2nc3ccnc(-c4[nH]nc(-c5ccccn5)[nH+]4)c3cc2-c2ccccc2)cc1. The molecule has 2 aromatic carbocycles. The smallest absolute Gasteiger partial charge is 0.430 e. The van der Waals surface area contributed by atoms with E-state index in [9.17, 15) is 26.3 Å². The summed E-state index contributed by atoms with van der Waals surface area (Å²) in [6, 6.07) is 28.6. The monoisotopic (exact) mass is 683 g/mol. The molecule has 0 aliphatic heterocycles. The molecule has 4 heterocycles. The van der Waals surface area contributed by atoms with Crippen LogP contribution in [0.2, 0.25) is 0 Å². The molecule has 252 valence electrons. The number of hydrogen-bond acceptors (Lipinski definition) is 8. The first-order chi connectivity index (χ1) is 23.2. The number of nitrogens with zero attached hydrogens (tertiary/aromatic N) is 4. The number of H-pyrrole nitrogens is 2. The highest BCUT2D eigenvalue weighted by Gasteiger charge is 2.29. The van der Waals surface area contributed by atoms with Crippen LogP contribution in [0.4, 0.5) is 26.3 Å². The molecule has 0 radical (unpaired) electrons. The minimum Gasteiger partial charge on any atom is -0.542 e. The zero-order valence-electron chi connectivity index (χ0n) is 24.8. The molecule has 17 heteroatoms. The van der Waals surface area contributed by atoms with Crippen molar-refractivity contribution in [3.8, 4) is 45.4 Å². The Labute approximate surface area is 272 Å². The van der Waals surface area contributed by atoms with Crippen LogP contribution in [0.5, 0.6) is 0 Å². The Morgan fingerprint density at radius 1 is 0.755 bits per heavy atom. The molecule has 0 aliphatic rings. The van der Waals surface area contributed by atoms with Crippen molar-refractivity contribution in [1.82, 2.24) is 25.1 Å². The van der Waals surface area contributed by atoms with Gasteiger partial charge in [0.25, 0.3) is 5.82 Å². The summed E-state index contributed by atoms with van der Waals surface area (Å²) in [7, 11) is 0. The van der Waals surface area contributed by atoms with Gasteiger partial charge in [-0.25, -0.2) is 19.9 Å². The Morgan fingerprint density at radius 2 is 1.37 bits per heavy atom. The number of hydrogen-bond donors (Lipinski definition) is 2. The number of aromatic amines is 2. The first-order valence-corrected chi connectivity index (χ1v) is 13.9.